The van der Waals surface area contributed by atoms with Gasteiger partial charge in [0.1, 0.15) is 0 Å². The average Bonchev–Trinajstić information content (AvgIpc) is 3.20. The summed E-state index contributed by atoms with van der Waals surface area (Å²) in [5, 5.41) is 0. The van der Waals surface area contributed by atoms with E-state index in [1.54, 1.807) is 23.7 Å². The van der Waals surface area contributed by atoms with Gasteiger partial charge in [0.2, 0.25) is 0 Å². The minimum Gasteiger partial charge on any atom is -0.363 e. The molecule has 1 aliphatic heterocycles. The van der Waals surface area contributed by atoms with Crippen molar-refractivity contribution in [3.8, 4) is 0 Å². The van der Waals surface area contributed by atoms with Gasteiger partial charge < -0.3 is 8.79 Å². The molecule has 1 atom stereocenters. The monoisotopic (exact) mass is 292 g/mol. The summed E-state index contributed by atoms with van der Waals surface area (Å²) in [6.07, 6.45) is 7.45. The van der Waals surface area contributed by atoms with Crippen LogP contribution >= 0.6 is 0 Å². The molecular formula is C18H18BFN2. The molecule has 0 bridgehead atoms. The summed E-state index contributed by atoms with van der Waals surface area (Å²) >= 11 is 0. The van der Waals surface area contributed by atoms with Gasteiger partial charge >= 0.3 is 7.12 Å². The summed E-state index contributed by atoms with van der Waals surface area (Å²) in [7, 11) is -1.07. The highest BCUT2D eigenvalue weighted by Crippen LogP contribution is 2.36. The first-order valence-corrected chi connectivity index (χ1v) is 7.49. The maximum absolute atomic E-state index is 13.9. The molecule has 1 aromatic heterocycles. The summed E-state index contributed by atoms with van der Waals surface area (Å²) in [6.45, 7) is 3.69. The van der Waals surface area contributed by atoms with Crippen molar-refractivity contribution in [3.05, 3.63) is 77.8 Å². The average molecular weight is 292 g/mol. The molecule has 3 rings (SSSR count). The van der Waals surface area contributed by atoms with Crippen molar-refractivity contribution >= 4 is 18.9 Å². The fraction of sp³-hybridized carbons (Fsp3) is 0.167. The highest BCUT2D eigenvalue weighted by atomic mass is 19.1. The van der Waals surface area contributed by atoms with E-state index >= 15 is 0 Å². The third kappa shape index (κ3) is 2.69. The summed E-state index contributed by atoms with van der Waals surface area (Å²) in [5.41, 5.74) is 4.02. The molecule has 0 radical (unpaired) electrons. The van der Waals surface area contributed by atoms with Gasteiger partial charge in [0.25, 0.3) is 0 Å². The lowest BCUT2D eigenvalue weighted by atomic mass is 9.86. The van der Waals surface area contributed by atoms with Crippen LogP contribution in [-0.2, 0) is 0 Å². The van der Waals surface area contributed by atoms with E-state index in [1.165, 1.54) is 5.56 Å². The molecule has 1 unspecified atom stereocenters. The molecule has 1 aromatic carbocycles. The molecule has 0 amide bonds. The number of rotatable bonds is 4. The Morgan fingerprint density at radius 2 is 1.95 bits per heavy atom. The molecule has 22 heavy (non-hydrogen) atoms. The number of hydrogen-bond acceptors (Lipinski definition) is 1. The lowest BCUT2D eigenvalue weighted by Gasteiger charge is -2.20. The standard InChI is InChI=1S/C18H18BFN2/c1-14(15-8-4-3-5-9-15)18(16-10-6-12-21-16)17-11-7-13-22(17)19(2)20/h3-14H,1-2H3/b18-16-. The fourth-order valence-electron chi connectivity index (χ4n) is 2.88. The first-order valence-electron chi connectivity index (χ1n) is 7.49. The molecule has 2 nitrogen and oxygen atoms in total. The number of hydrogen-bond donors (Lipinski definition) is 0. The van der Waals surface area contributed by atoms with Crippen molar-refractivity contribution in [1.82, 2.24) is 4.48 Å². The number of nitrogens with zero attached hydrogens (tertiary/aromatic N) is 2. The molecule has 110 valence electrons. The Balaban J connectivity index is 2.14. The predicted octanol–water partition coefficient (Wildman–Crippen LogP) is 4.58. The minimum absolute atomic E-state index is 0.128. The highest BCUT2D eigenvalue weighted by molar-refractivity contribution is 6.48. The summed E-state index contributed by atoms with van der Waals surface area (Å²) in [6, 6.07) is 14.1. The van der Waals surface area contributed by atoms with Crippen LogP contribution in [0.25, 0.3) is 5.57 Å². The van der Waals surface area contributed by atoms with Crippen LogP contribution in [0.1, 0.15) is 24.1 Å². The van der Waals surface area contributed by atoms with Crippen molar-refractivity contribution in [2.75, 3.05) is 0 Å². The predicted molar refractivity (Wildman–Crippen MR) is 92.0 cm³/mol. The Morgan fingerprint density at radius 1 is 1.18 bits per heavy atom. The summed E-state index contributed by atoms with van der Waals surface area (Å²) in [5.74, 6) is 0.128. The van der Waals surface area contributed by atoms with Gasteiger partial charge in [-0.3, -0.25) is 4.99 Å². The molecule has 0 saturated heterocycles. The van der Waals surface area contributed by atoms with Gasteiger partial charge in [-0.2, -0.15) is 0 Å². The minimum atomic E-state index is -1.07. The van der Waals surface area contributed by atoms with Gasteiger partial charge in [-0.05, 0) is 42.9 Å². The Kier molecular flexibility index (Phi) is 4.10. The Hall–Kier alpha value is -2.36. The van der Waals surface area contributed by atoms with Gasteiger partial charge in [0.05, 0.1) is 5.70 Å². The Labute approximate surface area is 130 Å². The second-order valence-corrected chi connectivity index (χ2v) is 5.44. The normalized spacial score (nSPS) is 16.9. The molecule has 0 saturated carbocycles. The molecule has 0 N–H and O–H groups in total. The number of halogens is 1. The van der Waals surface area contributed by atoms with Crippen LogP contribution in [0, 0.1) is 0 Å². The Bertz CT molecular complexity index is 727. The lowest BCUT2D eigenvalue weighted by molar-refractivity contribution is 0.793. The van der Waals surface area contributed by atoms with E-state index in [-0.39, 0.29) is 5.92 Å². The highest BCUT2D eigenvalue weighted by Gasteiger charge is 2.23. The van der Waals surface area contributed by atoms with Gasteiger partial charge in [-0.25, -0.2) is 0 Å². The SMILES string of the molecule is CB(F)n1cccc1/C(=C1/C=CC=N1)C(C)c1ccccc1. The maximum atomic E-state index is 13.9. The molecule has 2 aromatic rings. The summed E-state index contributed by atoms with van der Waals surface area (Å²) in [4.78, 5) is 4.45. The van der Waals surface area contributed by atoms with Crippen LogP contribution in [0.5, 0.6) is 0 Å². The van der Waals surface area contributed by atoms with Crippen LogP contribution in [-0.4, -0.2) is 17.8 Å². The first kappa shape index (κ1) is 14.6. The molecule has 0 aliphatic carbocycles. The largest absolute Gasteiger partial charge is 0.461 e. The van der Waals surface area contributed by atoms with E-state index in [9.17, 15) is 4.32 Å². The van der Waals surface area contributed by atoms with E-state index in [0.717, 1.165) is 17.0 Å². The van der Waals surface area contributed by atoms with E-state index in [0.29, 0.717) is 0 Å². The van der Waals surface area contributed by atoms with Crippen molar-refractivity contribution in [2.45, 2.75) is 19.7 Å². The molecule has 0 spiro atoms. The van der Waals surface area contributed by atoms with Crippen molar-refractivity contribution in [1.29, 1.82) is 0 Å². The van der Waals surface area contributed by atoms with Crippen LogP contribution in [0.15, 0.2) is 71.5 Å². The number of aliphatic imine (C=N–C) groups is 1. The van der Waals surface area contributed by atoms with E-state index < -0.39 is 7.12 Å². The zero-order valence-electron chi connectivity index (χ0n) is 12.8. The van der Waals surface area contributed by atoms with Crippen molar-refractivity contribution in [3.63, 3.8) is 0 Å². The number of aromatic nitrogens is 1. The maximum Gasteiger partial charge on any atom is 0.461 e. The van der Waals surface area contributed by atoms with Crippen LogP contribution < -0.4 is 0 Å². The van der Waals surface area contributed by atoms with E-state index in [4.69, 9.17) is 0 Å². The fourth-order valence-corrected chi connectivity index (χ4v) is 2.88. The number of allylic oxidation sites excluding steroid dienone is 3. The molecular weight excluding hydrogens is 274 g/mol. The second kappa shape index (κ2) is 6.18. The molecule has 1 aliphatic rings. The van der Waals surface area contributed by atoms with Crippen molar-refractivity contribution in [2.24, 2.45) is 4.99 Å². The zero-order chi connectivity index (χ0) is 15.5. The van der Waals surface area contributed by atoms with Gasteiger partial charge in [-0.1, -0.05) is 37.3 Å². The van der Waals surface area contributed by atoms with E-state index in [1.807, 2.05) is 42.5 Å². The van der Waals surface area contributed by atoms with Gasteiger partial charge in [-0.15, -0.1) is 0 Å². The lowest BCUT2D eigenvalue weighted by Crippen LogP contribution is -2.17. The Morgan fingerprint density at radius 3 is 2.59 bits per heavy atom. The topological polar surface area (TPSA) is 17.3 Å². The molecule has 0 fully saturated rings. The van der Waals surface area contributed by atoms with Crippen LogP contribution in [0.2, 0.25) is 6.82 Å². The smallest absolute Gasteiger partial charge is 0.363 e. The molecule has 4 heteroatoms. The zero-order valence-corrected chi connectivity index (χ0v) is 12.8. The third-order valence-electron chi connectivity index (χ3n) is 4.00. The van der Waals surface area contributed by atoms with Gasteiger partial charge in [0.15, 0.2) is 0 Å². The quantitative estimate of drug-likeness (QED) is 0.734. The van der Waals surface area contributed by atoms with Gasteiger partial charge in [0, 0.05) is 23.4 Å². The van der Waals surface area contributed by atoms with Crippen LogP contribution in [0.4, 0.5) is 4.32 Å². The summed E-state index contributed by atoms with van der Waals surface area (Å²) < 4.78 is 15.6. The van der Waals surface area contributed by atoms with Crippen LogP contribution in [0.3, 0.4) is 0 Å². The van der Waals surface area contributed by atoms with E-state index in [2.05, 4.69) is 24.0 Å². The second-order valence-electron chi connectivity index (χ2n) is 5.44. The third-order valence-corrected chi connectivity index (χ3v) is 4.00. The first-order chi connectivity index (χ1) is 10.7. The molecule has 2 heterocycles. The number of benzene rings is 1. The van der Waals surface area contributed by atoms with Crippen molar-refractivity contribution < 1.29 is 4.32 Å².